The Bertz CT molecular complexity index is 365. The van der Waals surface area contributed by atoms with E-state index in [1.54, 1.807) is 32.7 Å². The smallest absolute Gasteiger partial charge is 0.320 e. The first-order chi connectivity index (χ1) is 9.20. The van der Waals surface area contributed by atoms with Crippen LogP contribution in [0.5, 0.6) is 0 Å². The summed E-state index contributed by atoms with van der Waals surface area (Å²) in [5.74, 6) is -0.844. The summed E-state index contributed by atoms with van der Waals surface area (Å²) in [4.78, 5) is 28.3. The van der Waals surface area contributed by atoms with E-state index in [1.807, 2.05) is 4.90 Å². The Labute approximate surface area is 119 Å². The fourth-order valence-corrected chi connectivity index (χ4v) is 2.03. The molecule has 116 valence electrons. The highest BCUT2D eigenvalue weighted by Gasteiger charge is 2.33. The van der Waals surface area contributed by atoms with E-state index in [0.29, 0.717) is 26.2 Å². The number of carbonyl (C=O) groups is 2. The molecule has 0 saturated carbocycles. The largest absolute Gasteiger partial charge is 0.480 e. The maximum atomic E-state index is 12.3. The van der Waals surface area contributed by atoms with E-state index in [0.717, 1.165) is 0 Å². The lowest BCUT2D eigenvalue weighted by atomic mass is 10.1. The number of aliphatic hydroxyl groups is 1. The van der Waals surface area contributed by atoms with Gasteiger partial charge in [0.05, 0.1) is 12.1 Å². The van der Waals surface area contributed by atoms with Gasteiger partial charge in [0.25, 0.3) is 0 Å². The zero-order valence-electron chi connectivity index (χ0n) is 12.7. The van der Waals surface area contributed by atoms with Crippen LogP contribution in [0.2, 0.25) is 0 Å². The highest BCUT2D eigenvalue weighted by Crippen LogP contribution is 2.15. The van der Waals surface area contributed by atoms with Gasteiger partial charge in [0.2, 0.25) is 0 Å². The molecule has 1 unspecified atom stereocenters. The maximum absolute atomic E-state index is 12.3. The fourth-order valence-electron chi connectivity index (χ4n) is 2.03. The zero-order chi connectivity index (χ0) is 15.5. The summed E-state index contributed by atoms with van der Waals surface area (Å²) in [6.07, 6.45) is 0. The van der Waals surface area contributed by atoms with Crippen LogP contribution in [0.1, 0.15) is 20.8 Å². The number of carboxylic acid groups (broad SMARTS) is 1. The molecule has 1 rings (SSSR count). The Balaban J connectivity index is 2.57. The number of likely N-dealkylation sites (N-methyl/N-ethyl adjacent to an activating group) is 1. The Morgan fingerprint density at radius 3 is 2.15 bits per heavy atom. The van der Waals surface area contributed by atoms with Crippen molar-refractivity contribution < 1.29 is 19.8 Å². The third kappa shape index (κ3) is 3.61. The highest BCUT2D eigenvalue weighted by atomic mass is 16.4. The molecule has 0 radical (unpaired) electrons. The van der Waals surface area contributed by atoms with Crippen molar-refractivity contribution in [1.82, 2.24) is 14.7 Å². The first-order valence-corrected chi connectivity index (χ1v) is 6.81. The van der Waals surface area contributed by atoms with Gasteiger partial charge in [-0.25, -0.2) is 4.79 Å². The van der Waals surface area contributed by atoms with E-state index in [1.165, 1.54) is 4.90 Å². The fraction of sp³-hybridized carbons (Fsp3) is 0.846. The Morgan fingerprint density at radius 2 is 1.75 bits per heavy atom. The molecule has 0 aromatic rings. The van der Waals surface area contributed by atoms with Crippen LogP contribution >= 0.6 is 0 Å². The average molecular weight is 287 g/mol. The van der Waals surface area contributed by atoms with Gasteiger partial charge in [-0.05, 0) is 20.8 Å². The van der Waals surface area contributed by atoms with Crippen molar-refractivity contribution in [2.75, 3.05) is 39.8 Å². The maximum Gasteiger partial charge on any atom is 0.320 e. The molecule has 0 aromatic carbocycles. The predicted octanol–water partition coefficient (Wildman–Crippen LogP) is -0.100. The molecule has 0 spiro atoms. The summed E-state index contributed by atoms with van der Waals surface area (Å²) in [6.45, 7) is 7.25. The second-order valence-corrected chi connectivity index (χ2v) is 5.85. The van der Waals surface area contributed by atoms with Gasteiger partial charge in [0, 0.05) is 33.2 Å². The lowest BCUT2D eigenvalue weighted by molar-refractivity contribution is -0.143. The average Bonchev–Trinajstić information content (AvgIpc) is 2.44. The minimum atomic E-state index is -0.844. The Hall–Kier alpha value is -1.34. The molecule has 7 heteroatoms. The molecule has 1 fully saturated rings. The van der Waals surface area contributed by atoms with Crippen molar-refractivity contribution in [3.05, 3.63) is 0 Å². The van der Waals surface area contributed by atoms with Crippen molar-refractivity contribution >= 4 is 12.0 Å². The summed E-state index contributed by atoms with van der Waals surface area (Å²) < 4.78 is 0. The first kappa shape index (κ1) is 16.7. The monoisotopic (exact) mass is 287 g/mol. The molecule has 1 saturated heterocycles. The third-order valence-electron chi connectivity index (χ3n) is 4.07. The first-order valence-electron chi connectivity index (χ1n) is 6.81. The summed E-state index contributed by atoms with van der Waals surface area (Å²) >= 11 is 0. The van der Waals surface area contributed by atoms with Gasteiger partial charge in [-0.1, -0.05) is 0 Å². The molecule has 1 heterocycles. The van der Waals surface area contributed by atoms with Crippen LogP contribution in [0.25, 0.3) is 0 Å². The van der Waals surface area contributed by atoms with Gasteiger partial charge >= 0.3 is 12.0 Å². The minimum absolute atomic E-state index is 0.106. The second kappa shape index (κ2) is 6.41. The lowest BCUT2D eigenvalue weighted by Crippen LogP contribution is -2.58. The molecule has 1 atom stereocenters. The van der Waals surface area contributed by atoms with Crippen LogP contribution in [0, 0.1) is 0 Å². The quantitative estimate of drug-likeness (QED) is 0.754. The van der Waals surface area contributed by atoms with Crippen LogP contribution in [0.3, 0.4) is 0 Å². The normalized spacial score (nSPS) is 18.8. The van der Waals surface area contributed by atoms with Crippen LogP contribution < -0.4 is 0 Å². The van der Waals surface area contributed by atoms with E-state index >= 15 is 0 Å². The van der Waals surface area contributed by atoms with E-state index in [2.05, 4.69) is 0 Å². The van der Waals surface area contributed by atoms with Crippen molar-refractivity contribution in [1.29, 1.82) is 0 Å². The second-order valence-electron chi connectivity index (χ2n) is 5.85. The number of aliphatic carboxylic acids is 1. The van der Waals surface area contributed by atoms with Gasteiger partial charge < -0.3 is 20.0 Å². The number of hydrogen-bond acceptors (Lipinski definition) is 4. The van der Waals surface area contributed by atoms with E-state index < -0.39 is 17.6 Å². The summed E-state index contributed by atoms with van der Waals surface area (Å²) in [7, 11) is 1.67. The minimum Gasteiger partial charge on any atom is -0.480 e. The molecule has 1 aliphatic rings. The molecule has 2 N–H and O–H groups in total. The number of nitrogens with zero attached hydrogens (tertiary/aromatic N) is 3. The highest BCUT2D eigenvalue weighted by molar-refractivity contribution is 5.75. The van der Waals surface area contributed by atoms with Crippen molar-refractivity contribution in [2.24, 2.45) is 0 Å². The molecule has 0 aromatic heterocycles. The van der Waals surface area contributed by atoms with Crippen molar-refractivity contribution in [3.8, 4) is 0 Å². The molecular weight excluding hydrogens is 262 g/mol. The van der Waals surface area contributed by atoms with Gasteiger partial charge in [-0.2, -0.15) is 0 Å². The van der Waals surface area contributed by atoms with Gasteiger partial charge in [-0.15, -0.1) is 0 Å². The van der Waals surface area contributed by atoms with E-state index in [9.17, 15) is 14.7 Å². The van der Waals surface area contributed by atoms with Crippen LogP contribution in [0.15, 0.2) is 0 Å². The number of rotatable bonds is 4. The molecule has 0 aliphatic carbocycles. The number of hydrogen-bond donors (Lipinski definition) is 2. The number of carboxylic acids is 1. The number of amides is 2. The summed E-state index contributed by atoms with van der Waals surface area (Å²) in [5.41, 5.74) is -0.609. The molecule has 20 heavy (non-hydrogen) atoms. The van der Waals surface area contributed by atoms with Crippen LogP contribution in [-0.2, 0) is 4.79 Å². The number of urea groups is 1. The Kier molecular flexibility index (Phi) is 5.35. The molecule has 7 nitrogen and oxygen atoms in total. The Morgan fingerprint density at radius 1 is 1.25 bits per heavy atom. The van der Waals surface area contributed by atoms with E-state index in [4.69, 9.17) is 5.11 Å². The number of piperazine rings is 1. The van der Waals surface area contributed by atoms with E-state index in [-0.39, 0.29) is 12.6 Å². The third-order valence-corrected chi connectivity index (χ3v) is 4.07. The van der Waals surface area contributed by atoms with Gasteiger partial charge in [-0.3, -0.25) is 9.69 Å². The van der Waals surface area contributed by atoms with Gasteiger partial charge in [0.1, 0.15) is 6.04 Å². The summed E-state index contributed by atoms with van der Waals surface area (Å²) in [6, 6.07) is -0.662. The summed E-state index contributed by atoms with van der Waals surface area (Å²) in [5, 5.41) is 18.3. The molecule has 1 aliphatic heterocycles. The van der Waals surface area contributed by atoms with Crippen LogP contribution in [0.4, 0.5) is 4.79 Å². The zero-order valence-corrected chi connectivity index (χ0v) is 12.7. The van der Waals surface area contributed by atoms with Gasteiger partial charge in [0.15, 0.2) is 0 Å². The number of carbonyl (C=O) groups excluding carboxylic acids is 1. The predicted molar refractivity (Wildman–Crippen MR) is 74.6 cm³/mol. The topological polar surface area (TPSA) is 84.3 Å². The number of aliphatic hydroxyl groups excluding tert-OH is 1. The molecular formula is C13H25N3O4. The molecule has 2 amide bonds. The van der Waals surface area contributed by atoms with Crippen molar-refractivity contribution in [2.45, 2.75) is 32.4 Å². The lowest BCUT2D eigenvalue weighted by Gasteiger charge is -2.41. The van der Waals surface area contributed by atoms with Crippen molar-refractivity contribution in [3.63, 3.8) is 0 Å². The van der Waals surface area contributed by atoms with Crippen LogP contribution in [-0.4, -0.2) is 88.3 Å². The SMILES string of the molecule is CC(C(=O)O)N1CCN(C(=O)N(C)C(C)(C)CO)CC1. The standard InChI is InChI=1S/C13H25N3O4/c1-10(11(18)19)15-5-7-16(8-6-15)12(20)14(4)13(2,3)9-17/h10,17H,5-9H2,1-4H3,(H,18,19). The molecule has 0 bridgehead atoms.